The van der Waals surface area contributed by atoms with Crippen molar-refractivity contribution in [3.05, 3.63) is 26.6 Å². The highest BCUT2D eigenvalue weighted by atomic mass is 79.9. The average molecular weight is 407 g/mol. The highest BCUT2D eigenvalue weighted by molar-refractivity contribution is 9.11. The van der Waals surface area contributed by atoms with Crippen molar-refractivity contribution in [1.82, 2.24) is 5.32 Å². The van der Waals surface area contributed by atoms with Gasteiger partial charge in [0.05, 0.1) is 21.7 Å². The van der Waals surface area contributed by atoms with E-state index >= 15 is 0 Å². The van der Waals surface area contributed by atoms with Crippen molar-refractivity contribution in [1.29, 1.82) is 0 Å². The Morgan fingerprint density at radius 2 is 2.10 bits per heavy atom. The third kappa shape index (κ3) is 4.20. The summed E-state index contributed by atoms with van der Waals surface area (Å²) >= 11 is 7.13. The fourth-order valence-corrected chi connectivity index (χ4v) is 3.91. The van der Waals surface area contributed by atoms with Gasteiger partial charge in [-0.2, -0.15) is 0 Å². The summed E-state index contributed by atoms with van der Waals surface area (Å²) in [4.78, 5) is 0. The van der Waals surface area contributed by atoms with Gasteiger partial charge in [-0.05, 0) is 76.2 Å². The Bertz CT molecular complexity index is 424. The maximum atomic E-state index is 5.70. The number of ether oxygens (including phenoxy) is 2. The summed E-state index contributed by atoms with van der Waals surface area (Å²) in [6.45, 7) is 6.55. The van der Waals surface area contributed by atoms with Crippen LogP contribution in [-0.2, 0) is 11.3 Å². The zero-order valence-electron chi connectivity index (χ0n) is 11.9. The van der Waals surface area contributed by atoms with E-state index in [0.29, 0.717) is 18.8 Å². The van der Waals surface area contributed by atoms with Gasteiger partial charge in [-0.1, -0.05) is 0 Å². The maximum Gasteiger partial charge on any atom is 0.147 e. The van der Waals surface area contributed by atoms with Crippen LogP contribution >= 0.6 is 31.9 Å². The Hall–Kier alpha value is -0.100. The molecule has 1 aromatic carbocycles. The van der Waals surface area contributed by atoms with E-state index in [9.17, 15) is 0 Å². The first kappa shape index (κ1) is 16.3. The summed E-state index contributed by atoms with van der Waals surface area (Å²) in [7, 11) is 0. The van der Waals surface area contributed by atoms with Crippen molar-refractivity contribution in [2.24, 2.45) is 0 Å². The molecule has 1 aliphatic rings. The molecule has 0 amide bonds. The quantitative estimate of drug-likeness (QED) is 0.765. The fourth-order valence-electron chi connectivity index (χ4n) is 2.40. The number of nitrogens with one attached hydrogen (secondary N) is 1. The lowest BCUT2D eigenvalue weighted by Crippen LogP contribution is -2.36. The molecule has 2 rings (SSSR count). The van der Waals surface area contributed by atoms with Crippen LogP contribution in [0.3, 0.4) is 0 Å². The van der Waals surface area contributed by atoms with E-state index in [2.05, 4.69) is 56.2 Å². The van der Waals surface area contributed by atoms with Gasteiger partial charge in [-0.25, -0.2) is 0 Å². The van der Waals surface area contributed by atoms with Crippen LogP contribution in [0.4, 0.5) is 0 Å². The molecule has 0 saturated carbocycles. The summed E-state index contributed by atoms with van der Waals surface area (Å²) < 4.78 is 13.3. The molecule has 0 spiro atoms. The molecule has 1 saturated heterocycles. The largest absolute Gasteiger partial charge is 0.492 e. The molecule has 1 aliphatic heterocycles. The van der Waals surface area contributed by atoms with Crippen LogP contribution in [0.5, 0.6) is 5.75 Å². The van der Waals surface area contributed by atoms with E-state index in [0.717, 1.165) is 34.3 Å². The van der Waals surface area contributed by atoms with Crippen LogP contribution in [-0.4, -0.2) is 25.4 Å². The minimum atomic E-state index is 0.351. The molecular formula is C15H21Br2NO2. The second kappa shape index (κ2) is 7.78. The lowest BCUT2D eigenvalue weighted by Gasteiger charge is -2.20. The highest BCUT2D eigenvalue weighted by Gasteiger charge is 2.21. The van der Waals surface area contributed by atoms with Crippen molar-refractivity contribution in [3.8, 4) is 5.75 Å². The molecule has 112 valence electrons. The standard InChI is InChI=1S/C15H21Br2NO2/c1-3-19-15-12(16)7-11(8-13(15)17)9-18-10(2)14-5-4-6-20-14/h7-8,10,14,18H,3-6,9H2,1-2H3/t10-,14+/m0/s1. The van der Waals surface area contributed by atoms with E-state index in [1.807, 2.05) is 6.92 Å². The van der Waals surface area contributed by atoms with Gasteiger partial charge in [-0.3, -0.25) is 0 Å². The Labute approximate surface area is 137 Å². The first-order chi connectivity index (χ1) is 9.61. The molecule has 20 heavy (non-hydrogen) atoms. The smallest absolute Gasteiger partial charge is 0.147 e. The molecule has 0 radical (unpaired) electrons. The van der Waals surface area contributed by atoms with Crippen molar-refractivity contribution < 1.29 is 9.47 Å². The van der Waals surface area contributed by atoms with E-state index in [1.54, 1.807) is 0 Å². The molecule has 0 aromatic heterocycles. The number of benzene rings is 1. The Kier molecular flexibility index (Phi) is 6.33. The summed E-state index contributed by atoms with van der Waals surface area (Å²) in [5.74, 6) is 0.864. The van der Waals surface area contributed by atoms with E-state index in [1.165, 1.54) is 12.0 Å². The molecule has 3 nitrogen and oxygen atoms in total. The van der Waals surface area contributed by atoms with Crippen LogP contribution < -0.4 is 10.1 Å². The second-order valence-corrected chi connectivity index (χ2v) is 6.75. The minimum Gasteiger partial charge on any atom is -0.492 e. The van der Waals surface area contributed by atoms with Gasteiger partial charge in [0.1, 0.15) is 5.75 Å². The fraction of sp³-hybridized carbons (Fsp3) is 0.600. The molecule has 2 atom stereocenters. The lowest BCUT2D eigenvalue weighted by atomic mass is 10.1. The molecule has 1 heterocycles. The van der Waals surface area contributed by atoms with Gasteiger partial charge < -0.3 is 14.8 Å². The number of hydrogen-bond donors (Lipinski definition) is 1. The van der Waals surface area contributed by atoms with Gasteiger partial charge in [0, 0.05) is 19.2 Å². The minimum absolute atomic E-state index is 0.351. The van der Waals surface area contributed by atoms with E-state index < -0.39 is 0 Å². The van der Waals surface area contributed by atoms with Gasteiger partial charge in [0.25, 0.3) is 0 Å². The zero-order chi connectivity index (χ0) is 14.5. The van der Waals surface area contributed by atoms with Gasteiger partial charge in [-0.15, -0.1) is 0 Å². The van der Waals surface area contributed by atoms with Crippen molar-refractivity contribution >= 4 is 31.9 Å². The molecular weight excluding hydrogens is 386 g/mol. The van der Waals surface area contributed by atoms with Crippen LogP contribution in [0.25, 0.3) is 0 Å². The van der Waals surface area contributed by atoms with Crippen LogP contribution in [0, 0.1) is 0 Å². The molecule has 1 N–H and O–H groups in total. The van der Waals surface area contributed by atoms with Crippen LogP contribution in [0.15, 0.2) is 21.1 Å². The zero-order valence-corrected chi connectivity index (χ0v) is 15.1. The van der Waals surface area contributed by atoms with Gasteiger partial charge >= 0.3 is 0 Å². The average Bonchev–Trinajstić information content (AvgIpc) is 2.94. The number of rotatable bonds is 6. The molecule has 0 aliphatic carbocycles. The van der Waals surface area contributed by atoms with Crippen LogP contribution in [0.2, 0.25) is 0 Å². The number of halogens is 2. The maximum absolute atomic E-state index is 5.70. The van der Waals surface area contributed by atoms with E-state index in [-0.39, 0.29) is 0 Å². The monoisotopic (exact) mass is 405 g/mol. The first-order valence-electron chi connectivity index (χ1n) is 7.07. The predicted molar refractivity (Wildman–Crippen MR) is 88.3 cm³/mol. The summed E-state index contributed by atoms with van der Waals surface area (Å²) in [6.07, 6.45) is 2.69. The summed E-state index contributed by atoms with van der Waals surface area (Å²) in [5.41, 5.74) is 1.22. The highest BCUT2D eigenvalue weighted by Crippen LogP contribution is 2.34. The second-order valence-electron chi connectivity index (χ2n) is 5.04. The third-order valence-corrected chi connectivity index (χ3v) is 4.68. The predicted octanol–water partition coefficient (Wildman–Crippen LogP) is 4.27. The van der Waals surface area contributed by atoms with Gasteiger partial charge in [0.2, 0.25) is 0 Å². The molecule has 1 fully saturated rings. The molecule has 0 unspecified atom stereocenters. The molecule has 5 heteroatoms. The third-order valence-electron chi connectivity index (χ3n) is 3.50. The SMILES string of the molecule is CCOc1c(Br)cc(CN[C@@H](C)[C@H]2CCCO2)cc1Br. The summed E-state index contributed by atoms with van der Waals surface area (Å²) in [5, 5.41) is 3.54. The first-order valence-corrected chi connectivity index (χ1v) is 8.66. The lowest BCUT2D eigenvalue weighted by molar-refractivity contribution is 0.0832. The molecule has 1 aromatic rings. The topological polar surface area (TPSA) is 30.5 Å². The Morgan fingerprint density at radius 1 is 1.40 bits per heavy atom. The Morgan fingerprint density at radius 3 is 2.65 bits per heavy atom. The normalized spacial score (nSPS) is 20.1. The summed E-state index contributed by atoms with van der Waals surface area (Å²) in [6, 6.07) is 4.58. The van der Waals surface area contributed by atoms with E-state index in [4.69, 9.17) is 9.47 Å². The van der Waals surface area contributed by atoms with Crippen molar-refractivity contribution in [2.75, 3.05) is 13.2 Å². The van der Waals surface area contributed by atoms with Crippen molar-refractivity contribution in [2.45, 2.75) is 45.4 Å². The van der Waals surface area contributed by atoms with Crippen molar-refractivity contribution in [3.63, 3.8) is 0 Å². The van der Waals surface area contributed by atoms with Gasteiger partial charge in [0.15, 0.2) is 0 Å². The Balaban J connectivity index is 1.95. The molecule has 0 bridgehead atoms. The van der Waals surface area contributed by atoms with Crippen LogP contribution in [0.1, 0.15) is 32.3 Å². The number of hydrogen-bond acceptors (Lipinski definition) is 3.